The van der Waals surface area contributed by atoms with E-state index >= 15 is 0 Å². The molecule has 1 fully saturated rings. The molecule has 7 heteroatoms. The first-order chi connectivity index (χ1) is 9.08. The molecule has 0 radical (unpaired) electrons. The molecule has 0 aromatic heterocycles. The third-order valence-electron chi connectivity index (χ3n) is 3.81. The first-order valence-corrected chi connectivity index (χ1v) is 6.97. The molecule has 20 heavy (non-hydrogen) atoms. The SMILES string of the molecule is CC(CCCC(F)(F)F)NC1CCC(C(F)(F)F)CC1. The van der Waals surface area contributed by atoms with Gasteiger partial charge in [-0.25, -0.2) is 0 Å². The molecule has 0 aromatic rings. The number of nitrogens with one attached hydrogen (secondary N) is 1. The molecule has 1 rings (SSSR count). The fraction of sp³-hybridized carbons (Fsp3) is 1.00. The Kier molecular flexibility index (Phi) is 6.16. The van der Waals surface area contributed by atoms with E-state index in [4.69, 9.17) is 0 Å². The lowest BCUT2D eigenvalue weighted by Crippen LogP contribution is -2.41. The summed E-state index contributed by atoms with van der Waals surface area (Å²) < 4.78 is 73.4. The van der Waals surface area contributed by atoms with Crippen LogP contribution in [0.4, 0.5) is 26.3 Å². The van der Waals surface area contributed by atoms with Gasteiger partial charge in [-0.1, -0.05) is 0 Å². The summed E-state index contributed by atoms with van der Waals surface area (Å²) in [5.41, 5.74) is 0. The second kappa shape index (κ2) is 7.00. The van der Waals surface area contributed by atoms with Gasteiger partial charge in [0, 0.05) is 18.5 Å². The fourth-order valence-corrected chi connectivity index (χ4v) is 2.68. The summed E-state index contributed by atoms with van der Waals surface area (Å²) in [6.45, 7) is 1.78. The maximum Gasteiger partial charge on any atom is 0.391 e. The number of hydrogen-bond donors (Lipinski definition) is 1. The van der Waals surface area contributed by atoms with Gasteiger partial charge in [0.05, 0.1) is 5.92 Å². The molecule has 1 aliphatic rings. The zero-order valence-corrected chi connectivity index (χ0v) is 11.4. The highest BCUT2D eigenvalue weighted by molar-refractivity contribution is 4.82. The van der Waals surface area contributed by atoms with E-state index < -0.39 is 24.7 Å². The van der Waals surface area contributed by atoms with E-state index in [-0.39, 0.29) is 31.3 Å². The topological polar surface area (TPSA) is 12.0 Å². The van der Waals surface area contributed by atoms with Crippen LogP contribution in [0.2, 0.25) is 0 Å². The minimum Gasteiger partial charge on any atom is -0.312 e. The molecule has 0 aliphatic heterocycles. The molecule has 1 aliphatic carbocycles. The average molecular weight is 305 g/mol. The van der Waals surface area contributed by atoms with Gasteiger partial charge < -0.3 is 5.32 Å². The van der Waals surface area contributed by atoms with Gasteiger partial charge in [0.15, 0.2) is 0 Å². The summed E-state index contributed by atoms with van der Waals surface area (Å²) in [7, 11) is 0. The molecule has 1 unspecified atom stereocenters. The smallest absolute Gasteiger partial charge is 0.312 e. The normalized spacial score (nSPS) is 26.6. The van der Waals surface area contributed by atoms with Crippen LogP contribution in [0.1, 0.15) is 51.9 Å². The minimum atomic E-state index is -4.13. The Labute approximate surface area is 115 Å². The van der Waals surface area contributed by atoms with Crippen molar-refractivity contribution < 1.29 is 26.3 Å². The molecule has 0 bridgehead atoms. The van der Waals surface area contributed by atoms with Gasteiger partial charge in [0.25, 0.3) is 0 Å². The first kappa shape index (κ1) is 17.6. The van der Waals surface area contributed by atoms with Gasteiger partial charge in [-0.2, -0.15) is 26.3 Å². The Bertz CT molecular complexity index is 278. The third-order valence-corrected chi connectivity index (χ3v) is 3.81. The van der Waals surface area contributed by atoms with E-state index in [1.807, 2.05) is 0 Å². The maximum atomic E-state index is 12.5. The molecule has 0 spiro atoms. The predicted octanol–water partition coefficient (Wildman–Crippen LogP) is 4.82. The van der Waals surface area contributed by atoms with Crippen LogP contribution >= 0.6 is 0 Å². The highest BCUT2D eigenvalue weighted by atomic mass is 19.4. The Morgan fingerprint density at radius 2 is 1.55 bits per heavy atom. The number of alkyl halides is 6. The summed E-state index contributed by atoms with van der Waals surface area (Å²) in [4.78, 5) is 0. The van der Waals surface area contributed by atoms with Gasteiger partial charge in [-0.15, -0.1) is 0 Å². The lowest BCUT2D eigenvalue weighted by molar-refractivity contribution is -0.182. The van der Waals surface area contributed by atoms with Crippen LogP contribution in [0.15, 0.2) is 0 Å². The number of halogens is 6. The molecular formula is C13H21F6N. The van der Waals surface area contributed by atoms with Crippen molar-refractivity contribution in [2.24, 2.45) is 5.92 Å². The fourth-order valence-electron chi connectivity index (χ4n) is 2.68. The van der Waals surface area contributed by atoms with Crippen molar-refractivity contribution in [1.82, 2.24) is 5.32 Å². The van der Waals surface area contributed by atoms with E-state index in [1.54, 1.807) is 6.92 Å². The summed E-state index contributed by atoms with van der Waals surface area (Å²) >= 11 is 0. The molecule has 1 N–H and O–H groups in total. The average Bonchev–Trinajstić information content (AvgIpc) is 2.26. The van der Waals surface area contributed by atoms with E-state index in [0.717, 1.165) is 0 Å². The number of rotatable bonds is 5. The summed E-state index contributed by atoms with van der Waals surface area (Å²) in [5.74, 6) is -1.22. The third kappa shape index (κ3) is 6.81. The lowest BCUT2D eigenvalue weighted by Gasteiger charge is -2.32. The maximum absolute atomic E-state index is 12.5. The second-order valence-corrected chi connectivity index (χ2v) is 5.67. The molecule has 1 nitrogen and oxygen atoms in total. The first-order valence-electron chi connectivity index (χ1n) is 6.97. The molecule has 1 saturated carbocycles. The minimum absolute atomic E-state index is 0.00510. The Balaban J connectivity index is 2.20. The summed E-state index contributed by atoms with van der Waals surface area (Å²) in [6.07, 6.45) is -7.53. The van der Waals surface area contributed by atoms with E-state index in [1.165, 1.54) is 0 Å². The van der Waals surface area contributed by atoms with Crippen molar-refractivity contribution in [1.29, 1.82) is 0 Å². The van der Waals surface area contributed by atoms with Crippen molar-refractivity contribution in [2.75, 3.05) is 0 Å². The van der Waals surface area contributed by atoms with Crippen LogP contribution in [0.3, 0.4) is 0 Å². The zero-order valence-electron chi connectivity index (χ0n) is 11.4. The van der Waals surface area contributed by atoms with Gasteiger partial charge >= 0.3 is 12.4 Å². The summed E-state index contributed by atoms with van der Waals surface area (Å²) in [5, 5.41) is 3.14. The molecule has 120 valence electrons. The van der Waals surface area contributed by atoms with Crippen LogP contribution < -0.4 is 5.32 Å². The quantitative estimate of drug-likeness (QED) is 0.718. The highest BCUT2D eigenvalue weighted by Crippen LogP contribution is 2.37. The Hall–Kier alpha value is -0.460. The van der Waals surface area contributed by atoms with Gasteiger partial charge in [-0.3, -0.25) is 0 Å². The van der Waals surface area contributed by atoms with Crippen molar-refractivity contribution in [3.63, 3.8) is 0 Å². The van der Waals surface area contributed by atoms with Gasteiger partial charge in [-0.05, 0) is 45.4 Å². The van der Waals surface area contributed by atoms with Gasteiger partial charge in [0.1, 0.15) is 0 Å². The van der Waals surface area contributed by atoms with E-state index in [9.17, 15) is 26.3 Å². The monoisotopic (exact) mass is 305 g/mol. The van der Waals surface area contributed by atoms with Crippen molar-refractivity contribution in [3.8, 4) is 0 Å². The van der Waals surface area contributed by atoms with E-state index in [2.05, 4.69) is 5.32 Å². The van der Waals surface area contributed by atoms with Crippen LogP contribution in [0.25, 0.3) is 0 Å². The van der Waals surface area contributed by atoms with Crippen LogP contribution in [-0.4, -0.2) is 24.4 Å². The van der Waals surface area contributed by atoms with Gasteiger partial charge in [0.2, 0.25) is 0 Å². The Morgan fingerprint density at radius 3 is 2.00 bits per heavy atom. The predicted molar refractivity (Wildman–Crippen MR) is 64.3 cm³/mol. The molecule has 0 heterocycles. The lowest BCUT2D eigenvalue weighted by atomic mass is 9.85. The molecular weight excluding hydrogens is 284 g/mol. The van der Waals surface area contributed by atoms with Crippen LogP contribution in [0, 0.1) is 5.92 Å². The summed E-state index contributed by atoms with van der Waals surface area (Å²) in [6, 6.07) is -0.0979. The highest BCUT2D eigenvalue weighted by Gasteiger charge is 2.41. The standard InChI is InChI=1S/C13H21F6N/c1-9(3-2-8-12(14,15)16)20-11-6-4-10(5-7-11)13(17,18)19/h9-11,20H,2-8H2,1H3. The Morgan fingerprint density at radius 1 is 1.00 bits per heavy atom. The van der Waals surface area contributed by atoms with E-state index in [0.29, 0.717) is 19.3 Å². The van der Waals surface area contributed by atoms with Crippen molar-refractivity contribution in [2.45, 2.75) is 76.3 Å². The van der Waals surface area contributed by atoms with Crippen LogP contribution in [0.5, 0.6) is 0 Å². The molecule has 0 aromatic carbocycles. The largest absolute Gasteiger partial charge is 0.391 e. The molecule has 0 saturated heterocycles. The number of hydrogen-bond acceptors (Lipinski definition) is 1. The van der Waals surface area contributed by atoms with Crippen molar-refractivity contribution >= 4 is 0 Å². The second-order valence-electron chi connectivity index (χ2n) is 5.67. The molecule has 1 atom stereocenters. The van der Waals surface area contributed by atoms with Crippen molar-refractivity contribution in [3.05, 3.63) is 0 Å². The molecule has 0 amide bonds. The zero-order chi connectivity index (χ0) is 15.4. The van der Waals surface area contributed by atoms with Crippen LogP contribution in [-0.2, 0) is 0 Å².